The summed E-state index contributed by atoms with van der Waals surface area (Å²) in [6, 6.07) is 13.6. The van der Waals surface area contributed by atoms with Crippen molar-refractivity contribution in [2.45, 2.75) is 51.5 Å². The van der Waals surface area contributed by atoms with Gasteiger partial charge in [0.05, 0.1) is 14.2 Å². The lowest BCUT2D eigenvalue weighted by Crippen LogP contribution is -2.31. The average Bonchev–Trinajstić information content (AvgIpc) is 3.26. The molecule has 2 heterocycles. The topological polar surface area (TPSA) is 78.3 Å². The third kappa shape index (κ3) is 3.75. The minimum atomic E-state index is -0.421. The molecule has 0 saturated heterocycles. The third-order valence-corrected chi connectivity index (χ3v) is 6.61. The van der Waals surface area contributed by atoms with Crippen LogP contribution in [0.15, 0.2) is 53.7 Å². The lowest BCUT2D eigenvalue weighted by Gasteiger charge is -2.32. The first-order valence-corrected chi connectivity index (χ1v) is 11.6. The number of allylic oxidation sites excluding steroid dienone is 2. The standard InChI is InChI=1S/C27H30N4O3/c1-27(2,3)17-11-9-16(10-12-17)25-29-26-28-20-7-6-8-21(32)23(20)24(31(26)30-25)19-14-13-18(33-4)15-22(19)34-5/h9-15,24H,6-8H2,1-5H3,(H,28,29,30). The molecule has 1 atom stereocenters. The first kappa shape index (κ1) is 22.2. The summed E-state index contributed by atoms with van der Waals surface area (Å²) >= 11 is 0. The number of ether oxygens (including phenoxy) is 2. The predicted molar refractivity (Wildman–Crippen MR) is 131 cm³/mol. The monoisotopic (exact) mass is 458 g/mol. The van der Waals surface area contributed by atoms with E-state index < -0.39 is 6.04 Å². The Balaban J connectivity index is 1.64. The van der Waals surface area contributed by atoms with Crippen molar-refractivity contribution in [3.05, 3.63) is 64.9 Å². The lowest BCUT2D eigenvalue weighted by molar-refractivity contribution is -0.116. The summed E-state index contributed by atoms with van der Waals surface area (Å²) in [6.07, 6.45) is 2.16. The first-order valence-electron chi connectivity index (χ1n) is 11.6. The predicted octanol–water partition coefficient (Wildman–Crippen LogP) is 5.28. The summed E-state index contributed by atoms with van der Waals surface area (Å²) in [5.74, 6) is 2.72. The van der Waals surface area contributed by atoms with Gasteiger partial charge in [-0.05, 0) is 36.0 Å². The molecule has 2 aliphatic rings. The zero-order valence-electron chi connectivity index (χ0n) is 20.3. The number of ketones is 1. The van der Waals surface area contributed by atoms with Crippen LogP contribution in [0.5, 0.6) is 11.5 Å². The van der Waals surface area contributed by atoms with Crippen LogP contribution in [0, 0.1) is 0 Å². The maximum Gasteiger partial charge on any atom is 0.226 e. The highest BCUT2D eigenvalue weighted by Gasteiger charge is 2.38. The summed E-state index contributed by atoms with van der Waals surface area (Å²) < 4.78 is 12.9. The van der Waals surface area contributed by atoms with E-state index in [1.54, 1.807) is 14.2 Å². The van der Waals surface area contributed by atoms with E-state index in [-0.39, 0.29) is 11.2 Å². The van der Waals surface area contributed by atoms with Crippen LogP contribution in [0.2, 0.25) is 0 Å². The molecule has 1 unspecified atom stereocenters. The first-order chi connectivity index (χ1) is 16.3. The normalized spacial score (nSPS) is 17.7. The number of hydrogen-bond acceptors (Lipinski definition) is 6. The molecule has 7 heteroatoms. The fraction of sp³-hybridized carbons (Fsp3) is 0.370. The van der Waals surface area contributed by atoms with Gasteiger partial charge < -0.3 is 14.8 Å². The number of rotatable bonds is 4. The number of fused-ring (bicyclic) bond motifs is 1. The summed E-state index contributed by atoms with van der Waals surface area (Å²) in [5, 5.41) is 8.28. The second-order valence-corrected chi connectivity index (χ2v) is 9.84. The molecule has 5 rings (SSSR count). The fourth-order valence-electron chi connectivity index (χ4n) is 4.73. The van der Waals surface area contributed by atoms with Crippen LogP contribution < -0.4 is 14.8 Å². The van der Waals surface area contributed by atoms with Crippen LogP contribution in [-0.2, 0) is 10.2 Å². The van der Waals surface area contributed by atoms with E-state index >= 15 is 0 Å². The van der Waals surface area contributed by atoms with Gasteiger partial charge in [-0.3, -0.25) is 4.79 Å². The van der Waals surface area contributed by atoms with Crippen molar-refractivity contribution in [3.63, 3.8) is 0 Å². The maximum atomic E-state index is 13.1. The third-order valence-electron chi connectivity index (χ3n) is 6.61. The number of hydrogen-bond donors (Lipinski definition) is 1. The van der Waals surface area contributed by atoms with E-state index in [0.717, 1.165) is 35.2 Å². The molecule has 3 aromatic rings. The van der Waals surface area contributed by atoms with Gasteiger partial charge in [0.1, 0.15) is 17.5 Å². The lowest BCUT2D eigenvalue weighted by atomic mass is 9.85. The quantitative estimate of drug-likeness (QED) is 0.573. The number of nitrogens with one attached hydrogen (secondary N) is 1. The molecule has 0 amide bonds. The van der Waals surface area contributed by atoms with Gasteiger partial charge in [0.15, 0.2) is 11.6 Å². The van der Waals surface area contributed by atoms with Crippen LogP contribution in [0.4, 0.5) is 5.95 Å². The zero-order valence-corrected chi connectivity index (χ0v) is 20.3. The number of carbonyl (C=O) groups excluding carboxylic acids is 1. The molecule has 2 aromatic carbocycles. The van der Waals surface area contributed by atoms with E-state index in [1.165, 1.54) is 5.56 Å². The van der Waals surface area contributed by atoms with Crippen molar-refractivity contribution in [2.75, 3.05) is 19.5 Å². The van der Waals surface area contributed by atoms with E-state index in [2.05, 4.69) is 50.4 Å². The van der Waals surface area contributed by atoms with E-state index in [4.69, 9.17) is 19.6 Å². The van der Waals surface area contributed by atoms with Crippen LogP contribution >= 0.6 is 0 Å². The summed E-state index contributed by atoms with van der Waals surface area (Å²) in [7, 11) is 3.25. The number of anilines is 1. The van der Waals surface area contributed by atoms with Gasteiger partial charge in [-0.25, -0.2) is 4.68 Å². The number of nitrogens with zero attached hydrogens (tertiary/aromatic N) is 3. The Morgan fingerprint density at radius 1 is 1.03 bits per heavy atom. The summed E-state index contributed by atoms with van der Waals surface area (Å²) in [6.45, 7) is 6.58. The Hall–Kier alpha value is -3.61. The van der Waals surface area contributed by atoms with E-state index in [0.29, 0.717) is 29.7 Å². The molecule has 176 valence electrons. The molecule has 0 fully saturated rings. The number of benzene rings is 2. The summed E-state index contributed by atoms with van der Waals surface area (Å²) in [4.78, 5) is 18.0. The van der Waals surface area contributed by atoms with Crippen molar-refractivity contribution in [2.24, 2.45) is 0 Å². The Kier molecular flexibility index (Phi) is 5.42. The number of carbonyl (C=O) groups is 1. The second-order valence-electron chi connectivity index (χ2n) is 9.84. The van der Waals surface area contributed by atoms with Crippen LogP contribution in [0.1, 0.15) is 57.2 Å². The molecule has 1 N–H and O–H groups in total. The Morgan fingerprint density at radius 2 is 1.79 bits per heavy atom. The van der Waals surface area contributed by atoms with Crippen molar-refractivity contribution in [3.8, 4) is 22.9 Å². The van der Waals surface area contributed by atoms with Gasteiger partial charge in [0.2, 0.25) is 5.95 Å². The van der Waals surface area contributed by atoms with Crippen molar-refractivity contribution >= 4 is 11.7 Å². The van der Waals surface area contributed by atoms with Gasteiger partial charge in [0, 0.05) is 34.9 Å². The zero-order chi connectivity index (χ0) is 24.0. The van der Waals surface area contributed by atoms with Crippen molar-refractivity contribution < 1.29 is 14.3 Å². The molecule has 0 saturated carbocycles. The molecular formula is C27H30N4O3. The van der Waals surface area contributed by atoms with Gasteiger partial charge in [0.25, 0.3) is 0 Å². The maximum absolute atomic E-state index is 13.1. The minimum Gasteiger partial charge on any atom is -0.497 e. The Bertz CT molecular complexity index is 1280. The van der Waals surface area contributed by atoms with Crippen LogP contribution in [0.3, 0.4) is 0 Å². The molecular weight excluding hydrogens is 428 g/mol. The Morgan fingerprint density at radius 3 is 2.47 bits per heavy atom. The Labute approximate surface area is 199 Å². The summed E-state index contributed by atoms with van der Waals surface area (Å²) in [5.41, 5.74) is 4.77. The number of aromatic nitrogens is 3. The van der Waals surface area contributed by atoms with Crippen LogP contribution in [0.25, 0.3) is 11.4 Å². The molecule has 7 nitrogen and oxygen atoms in total. The molecule has 0 bridgehead atoms. The van der Waals surface area contributed by atoms with Crippen molar-refractivity contribution in [1.29, 1.82) is 0 Å². The van der Waals surface area contributed by atoms with E-state index in [9.17, 15) is 4.79 Å². The highest BCUT2D eigenvalue weighted by Crippen LogP contribution is 2.44. The van der Waals surface area contributed by atoms with Crippen LogP contribution in [-0.4, -0.2) is 34.8 Å². The molecule has 0 radical (unpaired) electrons. The molecule has 1 aliphatic heterocycles. The molecule has 1 aromatic heterocycles. The fourth-order valence-corrected chi connectivity index (χ4v) is 4.73. The smallest absolute Gasteiger partial charge is 0.226 e. The highest BCUT2D eigenvalue weighted by atomic mass is 16.5. The average molecular weight is 459 g/mol. The van der Waals surface area contributed by atoms with Gasteiger partial charge >= 0.3 is 0 Å². The highest BCUT2D eigenvalue weighted by molar-refractivity contribution is 5.99. The van der Waals surface area contributed by atoms with Gasteiger partial charge in [-0.15, -0.1) is 5.10 Å². The minimum absolute atomic E-state index is 0.0697. The second kappa shape index (κ2) is 8.31. The largest absolute Gasteiger partial charge is 0.497 e. The number of methoxy groups -OCH3 is 2. The molecule has 34 heavy (non-hydrogen) atoms. The molecule has 0 spiro atoms. The SMILES string of the molecule is COc1ccc(C2C3=C(CCCC3=O)Nc3nc(-c4ccc(C(C)(C)C)cc4)nn32)c(OC)c1. The molecule has 1 aliphatic carbocycles. The van der Waals surface area contributed by atoms with Gasteiger partial charge in [-0.1, -0.05) is 45.0 Å². The number of Topliss-reactive ketones (excluding diaryl/α,β-unsaturated/α-hetero) is 1. The van der Waals surface area contributed by atoms with Crippen molar-refractivity contribution in [1.82, 2.24) is 14.8 Å². The van der Waals surface area contributed by atoms with E-state index in [1.807, 2.05) is 22.9 Å². The van der Waals surface area contributed by atoms with Gasteiger partial charge in [-0.2, -0.15) is 4.98 Å².